The number of benzene rings is 1. The van der Waals surface area contributed by atoms with Crippen molar-refractivity contribution in [2.45, 2.75) is 6.10 Å². The first-order chi connectivity index (χ1) is 14.6. The van der Waals surface area contributed by atoms with E-state index in [0.717, 1.165) is 5.01 Å². The summed E-state index contributed by atoms with van der Waals surface area (Å²) in [5, 5.41) is 26.2. The van der Waals surface area contributed by atoms with Crippen molar-refractivity contribution in [3.63, 3.8) is 0 Å². The van der Waals surface area contributed by atoms with Gasteiger partial charge in [0.1, 0.15) is 16.5 Å². The third-order valence-corrected chi connectivity index (χ3v) is 5.13. The van der Waals surface area contributed by atoms with Gasteiger partial charge in [0.25, 0.3) is 0 Å². The molecule has 4 rings (SSSR count). The summed E-state index contributed by atoms with van der Waals surface area (Å²) in [6, 6.07) is 8.90. The van der Waals surface area contributed by atoms with Crippen molar-refractivity contribution in [3.05, 3.63) is 59.4 Å². The van der Waals surface area contributed by atoms with Gasteiger partial charge in [-0.05, 0) is 18.2 Å². The third kappa shape index (κ3) is 3.90. The van der Waals surface area contributed by atoms with Gasteiger partial charge in [-0.2, -0.15) is 10.4 Å². The molecule has 150 valence electrons. The average molecular weight is 419 g/mol. The standard InChI is InChI=1S/C20H17N7O2S/c1-27-18(7-15(26-27)20-23-4-5-30-20)29-17-6-12(8-21)2-3-14(17)19-24-10-13(11-25-19)16(28)9-22/h2-7,10-11,16,28H,9,22H2,1H3. The highest BCUT2D eigenvalue weighted by atomic mass is 32.1. The van der Waals surface area contributed by atoms with Crippen LogP contribution in [-0.4, -0.2) is 36.4 Å². The van der Waals surface area contributed by atoms with Gasteiger partial charge in [-0.1, -0.05) is 0 Å². The highest BCUT2D eigenvalue weighted by Gasteiger charge is 2.16. The van der Waals surface area contributed by atoms with E-state index in [-0.39, 0.29) is 6.54 Å². The number of aryl methyl sites for hydroxylation is 1. The van der Waals surface area contributed by atoms with Crippen LogP contribution in [0.25, 0.3) is 22.1 Å². The summed E-state index contributed by atoms with van der Waals surface area (Å²) in [5.41, 5.74) is 7.73. The Morgan fingerprint density at radius 3 is 2.73 bits per heavy atom. The van der Waals surface area contributed by atoms with E-state index < -0.39 is 6.10 Å². The predicted octanol–water partition coefficient (Wildman–Crippen LogP) is 2.66. The zero-order valence-electron chi connectivity index (χ0n) is 15.9. The maximum atomic E-state index is 9.84. The molecule has 0 aliphatic carbocycles. The second-order valence-electron chi connectivity index (χ2n) is 6.34. The topological polar surface area (TPSA) is 136 Å². The van der Waals surface area contributed by atoms with E-state index >= 15 is 0 Å². The van der Waals surface area contributed by atoms with E-state index in [9.17, 15) is 10.4 Å². The maximum absolute atomic E-state index is 9.84. The lowest BCUT2D eigenvalue weighted by Gasteiger charge is -2.12. The molecule has 0 radical (unpaired) electrons. The van der Waals surface area contributed by atoms with E-state index in [0.29, 0.717) is 39.8 Å². The molecule has 0 spiro atoms. The molecule has 0 bridgehead atoms. The van der Waals surface area contributed by atoms with Crippen molar-refractivity contribution in [2.24, 2.45) is 12.8 Å². The summed E-state index contributed by atoms with van der Waals surface area (Å²) >= 11 is 1.48. The van der Waals surface area contributed by atoms with Crippen LogP contribution < -0.4 is 10.5 Å². The molecular weight excluding hydrogens is 402 g/mol. The summed E-state index contributed by atoms with van der Waals surface area (Å²) in [6.45, 7) is 0.0792. The monoisotopic (exact) mass is 419 g/mol. The molecule has 1 atom stereocenters. The molecule has 4 aromatic rings. The summed E-state index contributed by atoms with van der Waals surface area (Å²) in [7, 11) is 1.76. The number of nitriles is 1. The Morgan fingerprint density at radius 1 is 1.27 bits per heavy atom. The number of rotatable bonds is 6. The molecule has 0 saturated carbocycles. The van der Waals surface area contributed by atoms with E-state index in [2.05, 4.69) is 26.1 Å². The van der Waals surface area contributed by atoms with Crippen molar-refractivity contribution in [2.75, 3.05) is 6.54 Å². The van der Waals surface area contributed by atoms with E-state index in [1.54, 1.807) is 42.2 Å². The highest BCUT2D eigenvalue weighted by molar-refractivity contribution is 7.13. The first-order valence-corrected chi connectivity index (χ1v) is 9.83. The molecule has 0 saturated heterocycles. The Bertz CT molecular complexity index is 1200. The molecule has 3 heterocycles. The van der Waals surface area contributed by atoms with Crippen molar-refractivity contribution in [3.8, 4) is 39.8 Å². The average Bonchev–Trinajstić information content (AvgIpc) is 3.43. The number of thiazole rings is 1. The van der Waals surface area contributed by atoms with Gasteiger partial charge in [0.15, 0.2) is 5.82 Å². The lowest BCUT2D eigenvalue weighted by atomic mass is 10.1. The SMILES string of the molecule is Cn1nc(-c2nccs2)cc1Oc1cc(C#N)ccc1-c1ncc(C(O)CN)cn1. The van der Waals surface area contributed by atoms with Gasteiger partial charge in [0.2, 0.25) is 5.88 Å². The van der Waals surface area contributed by atoms with Crippen LogP contribution in [0.5, 0.6) is 11.6 Å². The summed E-state index contributed by atoms with van der Waals surface area (Å²) < 4.78 is 7.69. The second-order valence-corrected chi connectivity index (χ2v) is 7.24. The fourth-order valence-electron chi connectivity index (χ4n) is 2.76. The van der Waals surface area contributed by atoms with Crippen molar-refractivity contribution in [1.82, 2.24) is 24.7 Å². The van der Waals surface area contributed by atoms with Crippen LogP contribution in [0.3, 0.4) is 0 Å². The molecule has 0 aliphatic rings. The highest BCUT2D eigenvalue weighted by Crippen LogP contribution is 2.34. The molecule has 10 heteroatoms. The smallest absolute Gasteiger partial charge is 0.218 e. The number of nitrogens with zero attached hydrogens (tertiary/aromatic N) is 6. The van der Waals surface area contributed by atoms with Crippen LogP contribution in [0.4, 0.5) is 0 Å². The molecule has 30 heavy (non-hydrogen) atoms. The Balaban J connectivity index is 1.71. The molecular formula is C20H17N7O2S. The number of nitrogens with two attached hydrogens (primary N) is 1. The van der Waals surface area contributed by atoms with Crippen LogP contribution in [0.1, 0.15) is 17.2 Å². The molecule has 3 N–H and O–H groups in total. The first-order valence-electron chi connectivity index (χ1n) is 8.95. The molecule has 0 fully saturated rings. The van der Waals surface area contributed by atoms with Gasteiger partial charge in [0, 0.05) is 49.2 Å². The van der Waals surface area contributed by atoms with Crippen LogP contribution >= 0.6 is 11.3 Å². The van der Waals surface area contributed by atoms with Gasteiger partial charge < -0.3 is 15.6 Å². The molecule has 0 aliphatic heterocycles. The van der Waals surface area contributed by atoms with Crippen molar-refractivity contribution >= 4 is 11.3 Å². The number of aliphatic hydroxyl groups excluding tert-OH is 1. The zero-order chi connectivity index (χ0) is 21.1. The quantitative estimate of drug-likeness (QED) is 0.487. The van der Waals surface area contributed by atoms with Gasteiger partial charge in [0.05, 0.1) is 23.3 Å². The van der Waals surface area contributed by atoms with Crippen LogP contribution in [-0.2, 0) is 7.05 Å². The molecule has 0 amide bonds. The minimum absolute atomic E-state index is 0.0792. The number of hydrogen-bond donors (Lipinski definition) is 2. The fourth-order valence-corrected chi connectivity index (χ4v) is 3.35. The molecule has 3 aromatic heterocycles. The molecule has 9 nitrogen and oxygen atoms in total. The van der Waals surface area contributed by atoms with Crippen molar-refractivity contribution in [1.29, 1.82) is 5.26 Å². The predicted molar refractivity (Wildman–Crippen MR) is 111 cm³/mol. The normalized spacial score (nSPS) is 11.8. The van der Waals surface area contributed by atoms with E-state index in [1.807, 2.05) is 5.38 Å². The van der Waals surface area contributed by atoms with Crippen LogP contribution in [0.15, 0.2) is 48.2 Å². The first kappa shape index (κ1) is 19.7. The van der Waals surface area contributed by atoms with Gasteiger partial charge in [-0.15, -0.1) is 11.3 Å². The Kier molecular flexibility index (Phi) is 5.49. The fraction of sp³-hybridized carbons (Fsp3) is 0.150. The Labute approximate surface area is 176 Å². The molecule has 1 unspecified atom stereocenters. The van der Waals surface area contributed by atoms with Crippen LogP contribution in [0, 0.1) is 11.3 Å². The van der Waals surface area contributed by atoms with Crippen molar-refractivity contribution < 1.29 is 9.84 Å². The summed E-state index contributed by atoms with van der Waals surface area (Å²) in [4.78, 5) is 12.9. The van der Waals surface area contributed by atoms with Gasteiger partial charge in [-0.3, -0.25) is 0 Å². The minimum atomic E-state index is -0.825. The number of aliphatic hydroxyl groups is 1. The largest absolute Gasteiger partial charge is 0.438 e. The second kappa shape index (κ2) is 8.38. The lowest BCUT2D eigenvalue weighted by molar-refractivity contribution is 0.186. The van der Waals surface area contributed by atoms with E-state index in [4.69, 9.17) is 10.5 Å². The Morgan fingerprint density at radius 2 is 2.07 bits per heavy atom. The lowest BCUT2D eigenvalue weighted by Crippen LogP contribution is -2.12. The molecule has 1 aromatic carbocycles. The Hall–Kier alpha value is -3.65. The van der Waals surface area contributed by atoms with Crippen LogP contribution in [0.2, 0.25) is 0 Å². The third-order valence-electron chi connectivity index (χ3n) is 4.33. The van der Waals surface area contributed by atoms with Gasteiger partial charge in [-0.25, -0.2) is 19.6 Å². The summed E-state index contributed by atoms with van der Waals surface area (Å²) in [5.74, 6) is 1.28. The van der Waals surface area contributed by atoms with Gasteiger partial charge >= 0.3 is 0 Å². The maximum Gasteiger partial charge on any atom is 0.218 e. The minimum Gasteiger partial charge on any atom is -0.438 e. The zero-order valence-corrected chi connectivity index (χ0v) is 16.7. The summed E-state index contributed by atoms with van der Waals surface area (Å²) in [6.07, 6.45) is 3.93. The number of ether oxygens (including phenoxy) is 1. The number of hydrogen-bond acceptors (Lipinski definition) is 9. The van der Waals surface area contributed by atoms with E-state index in [1.165, 1.54) is 23.7 Å². The number of aromatic nitrogens is 5.